The van der Waals surface area contributed by atoms with E-state index in [2.05, 4.69) is 32.2 Å². The summed E-state index contributed by atoms with van der Waals surface area (Å²) in [5, 5.41) is 13.5. The maximum absolute atomic E-state index is 10.0. The Morgan fingerprint density at radius 2 is 1.89 bits per heavy atom. The Morgan fingerprint density at radius 3 is 2.59 bits per heavy atom. The van der Waals surface area contributed by atoms with Crippen LogP contribution in [-0.4, -0.2) is 62.8 Å². The number of para-hydroxylation sites is 2. The molecule has 0 radical (unpaired) electrons. The molecule has 1 saturated heterocycles. The molecule has 6 heteroatoms. The van der Waals surface area contributed by atoms with Gasteiger partial charge in [-0.05, 0) is 36.2 Å². The normalized spacial score (nSPS) is 15.0. The maximum Gasteiger partial charge on any atom is 0.193 e. The second kappa shape index (κ2) is 9.16. The Kier molecular flexibility index (Phi) is 6.41. The number of aliphatic imine (C=N–C) groups is 1. The number of hydrogen-bond donors (Lipinski definition) is 2. The number of nitrogens with zero attached hydrogens (tertiary/aromatic N) is 3. The van der Waals surface area contributed by atoms with Crippen molar-refractivity contribution in [1.82, 2.24) is 10.2 Å². The van der Waals surface area contributed by atoms with Crippen LogP contribution in [0.5, 0.6) is 11.5 Å². The molecule has 0 unspecified atom stereocenters. The molecular weight excluding hydrogens is 340 g/mol. The predicted octanol–water partition coefficient (Wildman–Crippen LogP) is 2.34. The fourth-order valence-corrected chi connectivity index (χ4v) is 3.37. The molecule has 1 fully saturated rings. The summed E-state index contributed by atoms with van der Waals surface area (Å²) >= 11 is 0. The van der Waals surface area contributed by atoms with Gasteiger partial charge in [-0.3, -0.25) is 4.99 Å². The van der Waals surface area contributed by atoms with E-state index in [0.29, 0.717) is 5.75 Å². The van der Waals surface area contributed by atoms with E-state index < -0.39 is 0 Å². The molecule has 144 valence electrons. The molecular formula is C21H28N4O2. The van der Waals surface area contributed by atoms with Gasteiger partial charge < -0.3 is 25.0 Å². The van der Waals surface area contributed by atoms with Crippen LogP contribution in [0.1, 0.15) is 5.56 Å². The zero-order valence-electron chi connectivity index (χ0n) is 16.1. The van der Waals surface area contributed by atoms with Crippen molar-refractivity contribution in [3.63, 3.8) is 0 Å². The average Bonchev–Trinajstić information content (AvgIpc) is 2.72. The maximum atomic E-state index is 10.0. The van der Waals surface area contributed by atoms with E-state index in [1.807, 2.05) is 37.4 Å². The SMILES string of the molecule is CN=C(NCCc1cccc(OC)c1)N1CCN(c2ccccc2O)CC1. The topological polar surface area (TPSA) is 60.3 Å². The van der Waals surface area contributed by atoms with Gasteiger partial charge in [0.2, 0.25) is 0 Å². The third-order valence-electron chi connectivity index (χ3n) is 4.84. The zero-order valence-corrected chi connectivity index (χ0v) is 16.1. The Bertz CT molecular complexity index is 770. The summed E-state index contributed by atoms with van der Waals surface area (Å²) in [5.74, 6) is 2.15. The molecule has 2 aromatic carbocycles. The first-order chi connectivity index (χ1) is 13.2. The van der Waals surface area contributed by atoms with Crippen LogP contribution in [0.3, 0.4) is 0 Å². The molecule has 0 spiro atoms. The molecule has 0 saturated carbocycles. The van der Waals surface area contributed by atoms with E-state index in [-0.39, 0.29) is 0 Å². The third kappa shape index (κ3) is 4.84. The zero-order chi connectivity index (χ0) is 19.1. The summed E-state index contributed by atoms with van der Waals surface area (Å²) in [7, 11) is 3.51. The highest BCUT2D eigenvalue weighted by molar-refractivity contribution is 5.80. The molecule has 0 aromatic heterocycles. The van der Waals surface area contributed by atoms with Gasteiger partial charge in [-0.15, -0.1) is 0 Å². The predicted molar refractivity (Wildman–Crippen MR) is 110 cm³/mol. The molecule has 1 aliphatic heterocycles. The van der Waals surface area contributed by atoms with Crippen molar-refractivity contribution < 1.29 is 9.84 Å². The van der Waals surface area contributed by atoms with Crippen LogP contribution in [0, 0.1) is 0 Å². The van der Waals surface area contributed by atoms with E-state index in [1.165, 1.54) is 5.56 Å². The number of piperazine rings is 1. The van der Waals surface area contributed by atoms with E-state index in [0.717, 1.165) is 56.5 Å². The molecule has 1 aliphatic rings. The lowest BCUT2D eigenvalue weighted by atomic mass is 10.1. The van der Waals surface area contributed by atoms with E-state index >= 15 is 0 Å². The van der Waals surface area contributed by atoms with E-state index in [4.69, 9.17) is 4.74 Å². The van der Waals surface area contributed by atoms with Crippen LogP contribution in [0.25, 0.3) is 0 Å². The Balaban J connectivity index is 1.49. The number of phenolic OH excluding ortho intramolecular Hbond substituents is 1. The smallest absolute Gasteiger partial charge is 0.193 e. The fraction of sp³-hybridized carbons (Fsp3) is 0.381. The van der Waals surface area contributed by atoms with E-state index in [1.54, 1.807) is 13.2 Å². The first-order valence-electron chi connectivity index (χ1n) is 9.32. The van der Waals surface area contributed by atoms with Crippen LogP contribution in [0.15, 0.2) is 53.5 Å². The molecule has 0 atom stereocenters. The molecule has 1 heterocycles. The second-order valence-corrected chi connectivity index (χ2v) is 6.54. The number of methoxy groups -OCH3 is 1. The highest BCUT2D eigenvalue weighted by Gasteiger charge is 2.21. The quantitative estimate of drug-likeness (QED) is 0.627. The molecule has 6 nitrogen and oxygen atoms in total. The third-order valence-corrected chi connectivity index (χ3v) is 4.84. The van der Waals surface area contributed by atoms with Gasteiger partial charge >= 0.3 is 0 Å². The minimum atomic E-state index is 0.340. The van der Waals surface area contributed by atoms with Gasteiger partial charge in [0.15, 0.2) is 5.96 Å². The fourth-order valence-electron chi connectivity index (χ4n) is 3.37. The van der Waals surface area contributed by atoms with Crippen molar-refractivity contribution in [2.75, 3.05) is 51.8 Å². The number of guanidine groups is 1. The number of phenols is 1. The molecule has 0 amide bonds. The Hall–Kier alpha value is -2.89. The van der Waals surface area contributed by atoms with Crippen LogP contribution in [-0.2, 0) is 6.42 Å². The van der Waals surface area contributed by atoms with Gasteiger partial charge in [0.25, 0.3) is 0 Å². The first kappa shape index (κ1) is 18.9. The highest BCUT2D eigenvalue weighted by atomic mass is 16.5. The first-order valence-corrected chi connectivity index (χ1v) is 9.32. The van der Waals surface area contributed by atoms with Crippen LogP contribution < -0.4 is 15.0 Å². The van der Waals surface area contributed by atoms with E-state index in [9.17, 15) is 5.11 Å². The number of aromatic hydroxyl groups is 1. The monoisotopic (exact) mass is 368 g/mol. The van der Waals surface area contributed by atoms with Gasteiger partial charge in [0.1, 0.15) is 11.5 Å². The summed E-state index contributed by atoms with van der Waals surface area (Å²) in [6.07, 6.45) is 0.911. The number of hydrogen-bond acceptors (Lipinski definition) is 4. The molecule has 27 heavy (non-hydrogen) atoms. The van der Waals surface area contributed by atoms with Crippen molar-refractivity contribution in [3.05, 3.63) is 54.1 Å². The Morgan fingerprint density at radius 1 is 1.11 bits per heavy atom. The summed E-state index contributed by atoms with van der Waals surface area (Å²) in [5.41, 5.74) is 2.14. The van der Waals surface area contributed by atoms with Crippen molar-refractivity contribution >= 4 is 11.6 Å². The minimum Gasteiger partial charge on any atom is -0.506 e. The molecule has 0 bridgehead atoms. The standard InChI is InChI=1S/C21H28N4O2/c1-22-21(23-11-10-17-6-5-7-18(16-17)27-2)25-14-12-24(13-15-25)19-8-3-4-9-20(19)26/h3-9,16,26H,10-15H2,1-2H3,(H,22,23). The molecule has 2 aromatic rings. The van der Waals surface area contributed by atoms with Gasteiger partial charge in [0.05, 0.1) is 12.8 Å². The van der Waals surface area contributed by atoms with Crippen LogP contribution in [0.2, 0.25) is 0 Å². The molecule has 0 aliphatic carbocycles. The average molecular weight is 368 g/mol. The minimum absolute atomic E-state index is 0.340. The lowest BCUT2D eigenvalue weighted by Gasteiger charge is -2.37. The highest BCUT2D eigenvalue weighted by Crippen LogP contribution is 2.27. The largest absolute Gasteiger partial charge is 0.506 e. The van der Waals surface area contributed by atoms with Crippen molar-refractivity contribution in [3.8, 4) is 11.5 Å². The van der Waals surface area contributed by atoms with Gasteiger partial charge in [-0.2, -0.15) is 0 Å². The number of benzene rings is 2. The van der Waals surface area contributed by atoms with Crippen LogP contribution >= 0.6 is 0 Å². The van der Waals surface area contributed by atoms with Crippen molar-refractivity contribution in [1.29, 1.82) is 0 Å². The lowest BCUT2D eigenvalue weighted by Crippen LogP contribution is -2.52. The summed E-state index contributed by atoms with van der Waals surface area (Å²) in [4.78, 5) is 8.91. The summed E-state index contributed by atoms with van der Waals surface area (Å²) < 4.78 is 5.28. The number of ether oxygens (including phenoxy) is 1. The number of rotatable bonds is 5. The number of nitrogens with one attached hydrogen (secondary N) is 1. The van der Waals surface area contributed by atoms with Crippen molar-refractivity contribution in [2.24, 2.45) is 4.99 Å². The lowest BCUT2D eigenvalue weighted by molar-refractivity contribution is 0.370. The summed E-state index contributed by atoms with van der Waals surface area (Å²) in [6.45, 7) is 4.27. The van der Waals surface area contributed by atoms with Crippen molar-refractivity contribution in [2.45, 2.75) is 6.42 Å². The van der Waals surface area contributed by atoms with Gasteiger partial charge in [0, 0.05) is 39.8 Å². The molecule has 3 rings (SSSR count). The second-order valence-electron chi connectivity index (χ2n) is 6.54. The number of anilines is 1. The van der Waals surface area contributed by atoms with Crippen LogP contribution in [0.4, 0.5) is 5.69 Å². The molecule has 2 N–H and O–H groups in total. The van der Waals surface area contributed by atoms with Gasteiger partial charge in [-0.25, -0.2) is 0 Å². The summed E-state index contributed by atoms with van der Waals surface area (Å²) in [6, 6.07) is 15.7. The Labute approximate surface area is 161 Å². The van der Waals surface area contributed by atoms with Gasteiger partial charge in [-0.1, -0.05) is 24.3 Å².